The molecule has 0 radical (unpaired) electrons. The predicted octanol–water partition coefficient (Wildman–Crippen LogP) is 3.17. The van der Waals surface area contributed by atoms with E-state index in [2.05, 4.69) is 28.5 Å². The highest BCUT2D eigenvalue weighted by atomic mass is 32.1. The average molecular weight is 263 g/mol. The normalized spacial score (nSPS) is 10.9. The molecule has 0 aliphatic carbocycles. The summed E-state index contributed by atoms with van der Waals surface area (Å²) in [5, 5.41) is 3.71. The van der Waals surface area contributed by atoms with Gasteiger partial charge < -0.3 is 10.1 Å². The van der Waals surface area contributed by atoms with E-state index >= 15 is 0 Å². The third-order valence-electron chi connectivity index (χ3n) is 2.45. The van der Waals surface area contributed by atoms with Gasteiger partial charge in [0.15, 0.2) is 0 Å². The number of aromatic nitrogens is 2. The predicted molar refractivity (Wildman–Crippen MR) is 73.3 cm³/mol. The molecule has 0 spiro atoms. The Morgan fingerprint density at radius 3 is 2.56 bits per heavy atom. The molecule has 0 saturated carbocycles. The minimum Gasteiger partial charge on any atom is -0.430 e. The molecule has 0 fully saturated rings. The summed E-state index contributed by atoms with van der Waals surface area (Å²) in [6.07, 6.45) is 0. The number of hydrogen-bond acceptors (Lipinski definition) is 5. The van der Waals surface area contributed by atoms with Crippen molar-refractivity contribution in [1.82, 2.24) is 14.7 Å². The molecule has 0 aliphatic rings. The van der Waals surface area contributed by atoms with Crippen LogP contribution in [0.3, 0.4) is 0 Å². The number of rotatable bonds is 5. The van der Waals surface area contributed by atoms with Gasteiger partial charge in [0.25, 0.3) is 5.19 Å². The van der Waals surface area contributed by atoms with Crippen molar-refractivity contribution in [3.63, 3.8) is 0 Å². The van der Waals surface area contributed by atoms with Gasteiger partial charge in [-0.3, -0.25) is 0 Å². The SMILES string of the molecule is CNCc1ccc(Oc2nc(C(C)C)ns2)cc1. The second-order valence-electron chi connectivity index (χ2n) is 4.35. The van der Waals surface area contributed by atoms with E-state index < -0.39 is 0 Å². The summed E-state index contributed by atoms with van der Waals surface area (Å²) >= 11 is 1.29. The van der Waals surface area contributed by atoms with Gasteiger partial charge in [-0.2, -0.15) is 9.36 Å². The van der Waals surface area contributed by atoms with Crippen molar-refractivity contribution in [3.05, 3.63) is 35.7 Å². The highest BCUT2D eigenvalue weighted by Crippen LogP contribution is 2.25. The molecule has 0 unspecified atom stereocenters. The molecular formula is C13H17N3OS. The Morgan fingerprint density at radius 2 is 2.00 bits per heavy atom. The monoisotopic (exact) mass is 263 g/mol. The van der Waals surface area contributed by atoms with Crippen molar-refractivity contribution < 1.29 is 4.74 Å². The second kappa shape index (κ2) is 5.93. The molecule has 1 aromatic heterocycles. The maximum Gasteiger partial charge on any atom is 0.298 e. The molecule has 5 heteroatoms. The van der Waals surface area contributed by atoms with Gasteiger partial charge in [0.2, 0.25) is 0 Å². The van der Waals surface area contributed by atoms with Crippen molar-refractivity contribution in [3.8, 4) is 10.9 Å². The molecule has 4 nitrogen and oxygen atoms in total. The van der Waals surface area contributed by atoms with E-state index in [1.54, 1.807) is 0 Å². The number of nitrogens with zero attached hydrogens (tertiary/aromatic N) is 2. The number of nitrogens with one attached hydrogen (secondary N) is 1. The molecule has 0 saturated heterocycles. The maximum atomic E-state index is 5.67. The van der Waals surface area contributed by atoms with Crippen LogP contribution in [0.15, 0.2) is 24.3 Å². The maximum absolute atomic E-state index is 5.67. The van der Waals surface area contributed by atoms with Crippen LogP contribution in [-0.4, -0.2) is 16.4 Å². The van der Waals surface area contributed by atoms with Gasteiger partial charge in [-0.1, -0.05) is 26.0 Å². The lowest BCUT2D eigenvalue weighted by Gasteiger charge is -2.03. The van der Waals surface area contributed by atoms with Crippen molar-refractivity contribution >= 4 is 11.5 Å². The first-order chi connectivity index (χ1) is 8.69. The van der Waals surface area contributed by atoms with Gasteiger partial charge in [0.1, 0.15) is 11.6 Å². The number of benzene rings is 1. The first-order valence-electron chi connectivity index (χ1n) is 5.94. The van der Waals surface area contributed by atoms with Gasteiger partial charge in [0.05, 0.1) is 0 Å². The van der Waals surface area contributed by atoms with Gasteiger partial charge in [-0.05, 0) is 24.7 Å². The third-order valence-corrected chi connectivity index (χ3v) is 3.06. The van der Waals surface area contributed by atoms with E-state index in [-0.39, 0.29) is 0 Å². The van der Waals surface area contributed by atoms with Crippen LogP contribution in [0.5, 0.6) is 10.9 Å². The van der Waals surface area contributed by atoms with Gasteiger partial charge >= 0.3 is 0 Å². The second-order valence-corrected chi connectivity index (χ2v) is 5.06. The fourth-order valence-corrected chi connectivity index (χ4v) is 2.17. The third kappa shape index (κ3) is 3.27. The highest BCUT2D eigenvalue weighted by molar-refractivity contribution is 7.07. The summed E-state index contributed by atoms with van der Waals surface area (Å²) < 4.78 is 9.92. The molecule has 2 aromatic rings. The molecule has 2 rings (SSSR count). The lowest BCUT2D eigenvalue weighted by atomic mass is 10.2. The minimum atomic E-state index is 0.330. The van der Waals surface area contributed by atoms with Crippen molar-refractivity contribution in [2.24, 2.45) is 0 Å². The largest absolute Gasteiger partial charge is 0.430 e. The Hall–Kier alpha value is -1.46. The molecule has 1 aromatic carbocycles. The number of hydrogen-bond donors (Lipinski definition) is 1. The lowest BCUT2D eigenvalue weighted by molar-refractivity contribution is 0.476. The van der Waals surface area contributed by atoms with Crippen LogP contribution in [0.1, 0.15) is 31.2 Å². The first-order valence-corrected chi connectivity index (χ1v) is 6.71. The van der Waals surface area contributed by atoms with Crippen LogP contribution in [0, 0.1) is 0 Å². The summed E-state index contributed by atoms with van der Waals surface area (Å²) in [5.41, 5.74) is 1.23. The van der Waals surface area contributed by atoms with Crippen LogP contribution in [-0.2, 0) is 6.54 Å². The van der Waals surface area contributed by atoms with Gasteiger partial charge in [-0.15, -0.1) is 0 Å². The molecule has 96 valence electrons. The van der Waals surface area contributed by atoms with E-state index in [9.17, 15) is 0 Å². The molecule has 1 N–H and O–H groups in total. The van der Waals surface area contributed by atoms with Crippen molar-refractivity contribution in [1.29, 1.82) is 0 Å². The lowest BCUT2D eigenvalue weighted by Crippen LogP contribution is -2.04. The zero-order valence-electron chi connectivity index (χ0n) is 10.8. The molecule has 0 amide bonds. The van der Waals surface area contributed by atoms with Crippen molar-refractivity contribution in [2.45, 2.75) is 26.3 Å². The summed E-state index contributed by atoms with van der Waals surface area (Å²) in [6.45, 7) is 4.99. The van der Waals surface area contributed by atoms with Gasteiger partial charge in [0, 0.05) is 24.0 Å². The van der Waals surface area contributed by atoms with Crippen molar-refractivity contribution in [2.75, 3.05) is 7.05 Å². The van der Waals surface area contributed by atoms with Crippen LogP contribution in [0.25, 0.3) is 0 Å². The molecular weight excluding hydrogens is 246 g/mol. The zero-order valence-corrected chi connectivity index (χ0v) is 11.6. The standard InChI is InChI=1S/C13H17N3OS/c1-9(2)12-15-13(18-16-12)17-11-6-4-10(5-7-11)8-14-3/h4-7,9,14H,8H2,1-3H3. The molecule has 0 bridgehead atoms. The Morgan fingerprint density at radius 1 is 1.28 bits per heavy atom. The summed E-state index contributed by atoms with van der Waals surface area (Å²) in [4.78, 5) is 4.34. The Kier molecular flexibility index (Phi) is 4.28. The number of ether oxygens (including phenoxy) is 1. The van der Waals surface area contributed by atoms with E-state index in [4.69, 9.17) is 4.74 Å². The fourth-order valence-electron chi connectivity index (χ4n) is 1.48. The quantitative estimate of drug-likeness (QED) is 0.900. The topological polar surface area (TPSA) is 47.0 Å². The van der Waals surface area contributed by atoms with Crippen LogP contribution in [0.4, 0.5) is 0 Å². The Bertz CT molecular complexity index is 493. The fraction of sp³-hybridized carbons (Fsp3) is 0.385. The van der Waals surface area contributed by atoms with Gasteiger partial charge in [-0.25, -0.2) is 0 Å². The van der Waals surface area contributed by atoms with Crippen LogP contribution < -0.4 is 10.1 Å². The first kappa shape index (κ1) is 13.0. The van der Waals surface area contributed by atoms with E-state index in [1.807, 2.05) is 31.3 Å². The molecule has 0 atom stereocenters. The summed E-state index contributed by atoms with van der Waals surface area (Å²) in [6, 6.07) is 7.97. The van der Waals surface area contributed by atoms with E-state index in [0.29, 0.717) is 11.1 Å². The Labute approximate surface area is 111 Å². The smallest absolute Gasteiger partial charge is 0.298 e. The van der Waals surface area contributed by atoms with Crippen LogP contribution in [0.2, 0.25) is 0 Å². The van der Waals surface area contributed by atoms with Crippen LogP contribution >= 0.6 is 11.5 Å². The van der Waals surface area contributed by atoms with E-state index in [0.717, 1.165) is 18.1 Å². The zero-order chi connectivity index (χ0) is 13.0. The van der Waals surface area contributed by atoms with E-state index in [1.165, 1.54) is 17.1 Å². The highest BCUT2D eigenvalue weighted by Gasteiger charge is 2.09. The molecule has 1 heterocycles. The molecule has 0 aliphatic heterocycles. The Balaban J connectivity index is 2.03. The molecule has 18 heavy (non-hydrogen) atoms. The minimum absolute atomic E-state index is 0.330. The summed E-state index contributed by atoms with van der Waals surface area (Å²) in [5.74, 6) is 1.96. The summed E-state index contributed by atoms with van der Waals surface area (Å²) in [7, 11) is 1.93. The average Bonchev–Trinajstić information content (AvgIpc) is 2.81.